The van der Waals surface area contributed by atoms with Crippen LogP contribution in [0.1, 0.15) is 47.2 Å². The first kappa shape index (κ1) is 15.0. The molecule has 0 amide bonds. The lowest BCUT2D eigenvalue weighted by atomic mass is 10.1. The summed E-state index contributed by atoms with van der Waals surface area (Å²) in [6.07, 6.45) is 1.53. The third-order valence-electron chi connectivity index (χ3n) is 3.18. The molecule has 2 N–H and O–H groups in total. The van der Waals surface area contributed by atoms with E-state index in [1.54, 1.807) is 0 Å². The molecule has 0 saturated carbocycles. The second kappa shape index (κ2) is 5.91. The Labute approximate surface area is 124 Å². The lowest BCUT2D eigenvalue weighted by molar-refractivity contribution is 0.0691. The van der Waals surface area contributed by atoms with Crippen LogP contribution in [0.5, 0.6) is 0 Å². The minimum absolute atomic E-state index is 0.00586. The first-order valence-electron chi connectivity index (χ1n) is 6.83. The van der Waals surface area contributed by atoms with Gasteiger partial charge in [-0.3, -0.25) is 0 Å². The fourth-order valence-corrected chi connectivity index (χ4v) is 2.03. The minimum atomic E-state index is -1.06. The van der Waals surface area contributed by atoms with Crippen molar-refractivity contribution in [2.24, 2.45) is 0 Å². The number of anilines is 2. The summed E-state index contributed by atoms with van der Waals surface area (Å²) in [4.78, 5) is 19.8. The lowest BCUT2D eigenvalue weighted by Gasteiger charge is -2.13. The van der Waals surface area contributed by atoms with Crippen LogP contribution in [0.15, 0.2) is 24.4 Å². The molecule has 0 spiro atoms. The predicted octanol–water partition coefficient (Wildman–Crippen LogP) is 3.66. The van der Waals surface area contributed by atoms with Crippen molar-refractivity contribution in [3.63, 3.8) is 0 Å². The number of aryl methyl sites for hydroxylation is 2. The summed E-state index contributed by atoms with van der Waals surface area (Å²) in [5, 5.41) is 12.4. The van der Waals surface area contributed by atoms with Gasteiger partial charge in [-0.2, -0.15) is 0 Å². The van der Waals surface area contributed by atoms with Crippen LogP contribution >= 0.6 is 0 Å². The quantitative estimate of drug-likeness (QED) is 0.896. The maximum Gasteiger partial charge on any atom is 0.356 e. The molecule has 1 aromatic carbocycles. The summed E-state index contributed by atoms with van der Waals surface area (Å²) in [5.41, 5.74) is 3.44. The van der Waals surface area contributed by atoms with Crippen molar-refractivity contribution in [1.82, 2.24) is 9.97 Å². The molecule has 0 aliphatic heterocycles. The third-order valence-corrected chi connectivity index (χ3v) is 3.18. The van der Waals surface area contributed by atoms with Crippen molar-refractivity contribution in [2.75, 3.05) is 5.32 Å². The van der Waals surface area contributed by atoms with Crippen LogP contribution < -0.4 is 5.32 Å². The summed E-state index contributed by atoms with van der Waals surface area (Å²) >= 11 is 0. The Hall–Kier alpha value is -2.43. The smallest absolute Gasteiger partial charge is 0.356 e. The molecule has 0 saturated heterocycles. The highest BCUT2D eigenvalue weighted by atomic mass is 16.4. The van der Waals surface area contributed by atoms with Crippen LogP contribution in [0, 0.1) is 13.8 Å². The van der Waals surface area contributed by atoms with E-state index in [1.165, 1.54) is 6.20 Å². The molecule has 1 aromatic heterocycles. The topological polar surface area (TPSA) is 75.1 Å². The van der Waals surface area contributed by atoms with Gasteiger partial charge in [0.15, 0.2) is 5.69 Å². The zero-order valence-electron chi connectivity index (χ0n) is 12.6. The Morgan fingerprint density at radius 3 is 2.52 bits per heavy atom. The van der Waals surface area contributed by atoms with Gasteiger partial charge in [0.2, 0.25) is 0 Å². The van der Waals surface area contributed by atoms with Crippen LogP contribution in [0.25, 0.3) is 0 Å². The molecular formula is C16H19N3O2. The average molecular weight is 285 g/mol. The van der Waals surface area contributed by atoms with Gasteiger partial charge in [-0.05, 0) is 25.5 Å². The van der Waals surface area contributed by atoms with Gasteiger partial charge in [0, 0.05) is 11.6 Å². The van der Waals surface area contributed by atoms with Crippen molar-refractivity contribution >= 4 is 17.3 Å². The summed E-state index contributed by atoms with van der Waals surface area (Å²) in [7, 11) is 0. The number of hydrogen-bond acceptors (Lipinski definition) is 4. The molecule has 0 aliphatic carbocycles. The molecule has 5 heteroatoms. The van der Waals surface area contributed by atoms with E-state index in [1.807, 2.05) is 45.9 Å². The molecule has 2 aromatic rings. The van der Waals surface area contributed by atoms with Crippen LogP contribution in [-0.4, -0.2) is 21.0 Å². The Morgan fingerprint density at radius 2 is 1.95 bits per heavy atom. The van der Waals surface area contributed by atoms with Crippen molar-refractivity contribution in [1.29, 1.82) is 0 Å². The van der Waals surface area contributed by atoms with Crippen LogP contribution in [0.4, 0.5) is 11.4 Å². The number of carboxylic acids is 1. The Bertz CT molecular complexity index is 681. The minimum Gasteiger partial charge on any atom is -0.476 e. The number of hydrogen-bond donors (Lipinski definition) is 2. The van der Waals surface area contributed by atoms with E-state index in [-0.39, 0.29) is 11.6 Å². The molecule has 21 heavy (non-hydrogen) atoms. The number of nitrogens with zero attached hydrogens (tertiary/aromatic N) is 2. The van der Waals surface area contributed by atoms with Gasteiger partial charge in [-0.15, -0.1) is 0 Å². The summed E-state index contributed by atoms with van der Waals surface area (Å²) in [5.74, 6) is -0.455. The zero-order valence-corrected chi connectivity index (χ0v) is 12.6. The summed E-state index contributed by atoms with van der Waals surface area (Å²) < 4.78 is 0. The largest absolute Gasteiger partial charge is 0.476 e. The van der Waals surface area contributed by atoms with Gasteiger partial charge >= 0.3 is 5.97 Å². The lowest BCUT2D eigenvalue weighted by Crippen LogP contribution is -2.10. The predicted molar refractivity (Wildman–Crippen MR) is 82.3 cm³/mol. The number of carboxylic acid groups (broad SMARTS) is 1. The van der Waals surface area contributed by atoms with E-state index >= 15 is 0 Å². The molecule has 0 bridgehead atoms. The summed E-state index contributed by atoms with van der Waals surface area (Å²) in [6.45, 7) is 7.84. The van der Waals surface area contributed by atoms with E-state index in [0.717, 1.165) is 16.8 Å². The maximum atomic E-state index is 11.4. The van der Waals surface area contributed by atoms with Crippen LogP contribution in [0.3, 0.4) is 0 Å². The highest BCUT2D eigenvalue weighted by Gasteiger charge is 2.16. The van der Waals surface area contributed by atoms with E-state index in [0.29, 0.717) is 11.5 Å². The van der Waals surface area contributed by atoms with E-state index < -0.39 is 5.97 Å². The Kier molecular flexibility index (Phi) is 4.21. The first-order chi connectivity index (χ1) is 9.88. The molecule has 110 valence electrons. The number of carbonyl (C=O) groups is 1. The van der Waals surface area contributed by atoms with Crippen molar-refractivity contribution in [3.05, 3.63) is 47.0 Å². The van der Waals surface area contributed by atoms with Gasteiger partial charge < -0.3 is 10.4 Å². The highest BCUT2D eigenvalue weighted by molar-refractivity contribution is 5.92. The zero-order chi connectivity index (χ0) is 15.6. The van der Waals surface area contributed by atoms with Crippen LogP contribution in [-0.2, 0) is 0 Å². The van der Waals surface area contributed by atoms with E-state index in [9.17, 15) is 9.90 Å². The Morgan fingerprint density at radius 1 is 1.24 bits per heavy atom. The van der Waals surface area contributed by atoms with Gasteiger partial charge in [-0.25, -0.2) is 14.8 Å². The molecule has 0 fully saturated rings. The second-order valence-corrected chi connectivity index (χ2v) is 5.39. The van der Waals surface area contributed by atoms with Crippen molar-refractivity contribution in [3.8, 4) is 0 Å². The second-order valence-electron chi connectivity index (χ2n) is 5.39. The SMILES string of the molecule is Cc1ccc(Nc2cnc(C(C)C)nc2C(=O)O)c(C)c1. The fourth-order valence-electron chi connectivity index (χ4n) is 2.03. The number of aromatic carboxylic acids is 1. The molecule has 1 heterocycles. The first-order valence-corrected chi connectivity index (χ1v) is 6.83. The van der Waals surface area contributed by atoms with Gasteiger partial charge in [-0.1, -0.05) is 31.5 Å². The van der Waals surface area contributed by atoms with E-state index in [2.05, 4.69) is 15.3 Å². The Balaban J connectivity index is 2.41. The number of rotatable bonds is 4. The molecule has 2 rings (SSSR count). The molecule has 0 atom stereocenters. The normalized spacial score (nSPS) is 10.7. The van der Waals surface area contributed by atoms with Gasteiger partial charge in [0.05, 0.1) is 11.9 Å². The van der Waals surface area contributed by atoms with Crippen molar-refractivity contribution in [2.45, 2.75) is 33.6 Å². The van der Waals surface area contributed by atoms with Crippen molar-refractivity contribution < 1.29 is 9.90 Å². The van der Waals surface area contributed by atoms with Gasteiger partial charge in [0.25, 0.3) is 0 Å². The van der Waals surface area contributed by atoms with E-state index in [4.69, 9.17) is 0 Å². The molecule has 5 nitrogen and oxygen atoms in total. The maximum absolute atomic E-state index is 11.4. The standard InChI is InChI=1S/C16H19N3O2/c1-9(2)15-17-8-13(14(19-15)16(20)21)18-12-6-5-10(3)7-11(12)4/h5-9,18H,1-4H3,(H,20,21). The van der Waals surface area contributed by atoms with Gasteiger partial charge in [0.1, 0.15) is 5.82 Å². The molecule has 0 unspecified atom stereocenters. The monoisotopic (exact) mass is 285 g/mol. The number of nitrogens with one attached hydrogen (secondary N) is 1. The molecule has 0 radical (unpaired) electrons. The fraction of sp³-hybridized carbons (Fsp3) is 0.312. The number of benzene rings is 1. The van der Waals surface area contributed by atoms with Crippen LogP contribution in [0.2, 0.25) is 0 Å². The average Bonchev–Trinajstić information content (AvgIpc) is 2.41. The highest BCUT2D eigenvalue weighted by Crippen LogP contribution is 2.24. The summed E-state index contributed by atoms with van der Waals surface area (Å²) in [6, 6.07) is 5.93. The number of aromatic nitrogens is 2. The molecule has 0 aliphatic rings. The molecular weight excluding hydrogens is 266 g/mol. The third kappa shape index (κ3) is 3.37.